The molecule has 0 atom stereocenters. The van der Waals surface area contributed by atoms with Crippen LogP contribution in [0.25, 0.3) is 0 Å². The van der Waals surface area contributed by atoms with Crippen LogP contribution in [-0.4, -0.2) is 36.6 Å². The van der Waals surface area contributed by atoms with Gasteiger partial charge in [-0.3, -0.25) is 0 Å². The van der Waals surface area contributed by atoms with Crippen molar-refractivity contribution in [2.45, 2.75) is 93.7 Å². The summed E-state index contributed by atoms with van der Waals surface area (Å²) in [5.41, 5.74) is -0.877. The molecule has 1 saturated heterocycles. The minimum atomic E-state index is -4.17. The highest BCUT2D eigenvalue weighted by Gasteiger charge is 2.54. The van der Waals surface area contributed by atoms with Crippen LogP contribution in [0.2, 0.25) is 0 Å². The normalized spacial score (nSPS) is 42.3. The van der Waals surface area contributed by atoms with Gasteiger partial charge >= 0.3 is 12.4 Å². The Morgan fingerprint density at radius 1 is 0.731 bits per heavy atom. The predicted octanol–water partition coefficient (Wildman–Crippen LogP) is 5.37. The lowest BCUT2D eigenvalue weighted by atomic mass is 9.64. The first kappa shape index (κ1) is 20.2. The summed E-state index contributed by atoms with van der Waals surface area (Å²) in [4.78, 5) is 0. The van der Waals surface area contributed by atoms with Gasteiger partial charge in [-0.1, -0.05) is 0 Å². The Kier molecular flexibility index (Phi) is 5.32. The molecule has 0 aromatic heterocycles. The summed E-state index contributed by atoms with van der Waals surface area (Å²) in [6.45, 7) is 0. The summed E-state index contributed by atoms with van der Waals surface area (Å²) in [6, 6.07) is 0. The van der Waals surface area contributed by atoms with E-state index in [0.717, 1.165) is 0 Å². The molecule has 2 saturated carbocycles. The first-order valence-corrected chi connectivity index (χ1v) is 9.43. The quantitative estimate of drug-likeness (QED) is 0.611. The van der Waals surface area contributed by atoms with Crippen LogP contribution in [0.3, 0.4) is 0 Å². The van der Waals surface area contributed by atoms with Gasteiger partial charge in [0.1, 0.15) is 0 Å². The highest BCUT2D eigenvalue weighted by Crippen LogP contribution is 2.50. The van der Waals surface area contributed by atoms with Crippen LogP contribution in [-0.2, 0) is 4.74 Å². The van der Waals surface area contributed by atoms with Crippen molar-refractivity contribution in [3.63, 3.8) is 0 Å². The van der Waals surface area contributed by atoms with Crippen LogP contribution in [0.4, 0.5) is 26.3 Å². The van der Waals surface area contributed by atoms with Crippen molar-refractivity contribution in [1.29, 1.82) is 0 Å². The molecule has 2 aliphatic carbocycles. The van der Waals surface area contributed by atoms with Crippen molar-refractivity contribution in [2.24, 2.45) is 11.8 Å². The molecule has 26 heavy (non-hydrogen) atoms. The number of hydrogen-bond donors (Lipinski definition) is 1. The van der Waals surface area contributed by atoms with Crippen LogP contribution < -0.4 is 5.32 Å². The van der Waals surface area contributed by atoms with Crippen LogP contribution in [0.1, 0.15) is 64.2 Å². The number of alkyl halides is 6. The molecule has 2 nitrogen and oxygen atoms in total. The van der Waals surface area contributed by atoms with Crippen molar-refractivity contribution in [1.82, 2.24) is 5.32 Å². The van der Waals surface area contributed by atoms with E-state index in [1.165, 1.54) is 0 Å². The smallest absolute Gasteiger partial charge is 0.381 e. The van der Waals surface area contributed by atoms with Gasteiger partial charge in [-0.05, 0) is 64.2 Å². The third-order valence-electron chi connectivity index (χ3n) is 6.91. The molecule has 152 valence electrons. The number of halogens is 6. The van der Waals surface area contributed by atoms with Crippen LogP contribution in [0, 0.1) is 11.8 Å². The maximum Gasteiger partial charge on any atom is 0.391 e. The number of nitrogens with one attached hydrogen (secondary N) is 1. The first-order valence-electron chi connectivity index (χ1n) is 9.43. The Balaban J connectivity index is 1.70. The molecule has 1 N–H and O–H groups in total. The molecule has 1 aliphatic heterocycles. The number of ether oxygens (including phenoxy) is 1. The zero-order chi connectivity index (χ0) is 19.2. The lowest BCUT2D eigenvalue weighted by Gasteiger charge is -2.56. The topological polar surface area (TPSA) is 21.3 Å². The van der Waals surface area contributed by atoms with Gasteiger partial charge < -0.3 is 10.1 Å². The molecule has 0 unspecified atom stereocenters. The van der Waals surface area contributed by atoms with E-state index in [0.29, 0.717) is 38.5 Å². The Labute approximate surface area is 150 Å². The summed E-state index contributed by atoms with van der Waals surface area (Å²) < 4.78 is 83.5. The predicted molar refractivity (Wildman–Crippen MR) is 84.7 cm³/mol. The highest BCUT2D eigenvalue weighted by molar-refractivity contribution is 5.09. The Hall–Kier alpha value is -0.500. The van der Waals surface area contributed by atoms with Gasteiger partial charge in [0.25, 0.3) is 0 Å². The summed E-state index contributed by atoms with van der Waals surface area (Å²) in [6.07, 6.45) is -5.24. The minimum Gasteiger partial charge on any atom is -0.381 e. The Bertz CT molecular complexity index is 445. The van der Waals surface area contributed by atoms with Gasteiger partial charge in [-0.2, -0.15) is 26.3 Å². The maximum atomic E-state index is 13.0. The van der Waals surface area contributed by atoms with E-state index in [-0.39, 0.29) is 31.8 Å². The molecule has 3 aliphatic rings. The SMILES string of the molecule is COC1CC2(CCC(C(F)(F)F)CC2)NC2(CCC(C(F)(F)F)CC2)C1. The molecule has 1 heterocycles. The molecule has 8 heteroatoms. The number of rotatable bonds is 1. The average molecular weight is 387 g/mol. The molecular weight excluding hydrogens is 360 g/mol. The molecular formula is C18H27F6NO. The second-order valence-electron chi connectivity index (χ2n) is 8.58. The monoisotopic (exact) mass is 387 g/mol. The van der Waals surface area contributed by atoms with Crippen LogP contribution >= 0.6 is 0 Å². The fourth-order valence-electron chi connectivity index (χ4n) is 5.43. The zero-order valence-electron chi connectivity index (χ0n) is 15.0. The maximum absolute atomic E-state index is 13.0. The Morgan fingerprint density at radius 3 is 1.35 bits per heavy atom. The molecule has 0 amide bonds. The van der Waals surface area contributed by atoms with Crippen molar-refractivity contribution in [3.05, 3.63) is 0 Å². The van der Waals surface area contributed by atoms with E-state index in [4.69, 9.17) is 4.74 Å². The van der Waals surface area contributed by atoms with Gasteiger partial charge in [0.15, 0.2) is 0 Å². The third-order valence-corrected chi connectivity index (χ3v) is 6.91. The van der Waals surface area contributed by atoms with E-state index in [1.807, 2.05) is 0 Å². The molecule has 0 radical (unpaired) electrons. The number of methoxy groups -OCH3 is 1. The van der Waals surface area contributed by atoms with Crippen molar-refractivity contribution in [3.8, 4) is 0 Å². The van der Waals surface area contributed by atoms with Gasteiger partial charge in [0, 0.05) is 18.2 Å². The summed E-state index contributed by atoms with van der Waals surface area (Å²) >= 11 is 0. The van der Waals surface area contributed by atoms with Gasteiger partial charge in [-0.15, -0.1) is 0 Å². The van der Waals surface area contributed by atoms with E-state index in [2.05, 4.69) is 5.32 Å². The number of piperidine rings is 1. The first-order chi connectivity index (χ1) is 12.0. The second kappa shape index (κ2) is 6.83. The van der Waals surface area contributed by atoms with E-state index >= 15 is 0 Å². The molecule has 0 aromatic rings. The molecule has 3 fully saturated rings. The van der Waals surface area contributed by atoms with Gasteiger partial charge in [0.05, 0.1) is 17.9 Å². The zero-order valence-corrected chi connectivity index (χ0v) is 15.0. The van der Waals surface area contributed by atoms with Crippen molar-refractivity contribution >= 4 is 0 Å². The van der Waals surface area contributed by atoms with Crippen molar-refractivity contribution < 1.29 is 31.1 Å². The fraction of sp³-hybridized carbons (Fsp3) is 1.00. The van der Waals surface area contributed by atoms with Crippen molar-refractivity contribution in [2.75, 3.05) is 7.11 Å². The van der Waals surface area contributed by atoms with Crippen LogP contribution in [0.15, 0.2) is 0 Å². The summed E-state index contributed by atoms with van der Waals surface area (Å²) in [7, 11) is 1.58. The van der Waals surface area contributed by atoms with E-state index in [1.54, 1.807) is 7.11 Å². The minimum absolute atomic E-state index is 0.0776. The molecule has 0 bridgehead atoms. The fourth-order valence-corrected chi connectivity index (χ4v) is 5.43. The van der Waals surface area contributed by atoms with Gasteiger partial charge in [-0.25, -0.2) is 0 Å². The number of hydrogen-bond acceptors (Lipinski definition) is 2. The Morgan fingerprint density at radius 2 is 1.08 bits per heavy atom. The highest BCUT2D eigenvalue weighted by atomic mass is 19.4. The molecule has 0 aromatic carbocycles. The lowest BCUT2D eigenvalue weighted by molar-refractivity contribution is -0.193. The molecule has 2 spiro atoms. The van der Waals surface area contributed by atoms with E-state index in [9.17, 15) is 26.3 Å². The average Bonchev–Trinajstić information content (AvgIpc) is 2.53. The lowest BCUT2D eigenvalue weighted by Crippen LogP contribution is -2.66. The van der Waals surface area contributed by atoms with Crippen LogP contribution in [0.5, 0.6) is 0 Å². The summed E-state index contributed by atoms with van der Waals surface area (Å²) in [5, 5.41) is 3.58. The van der Waals surface area contributed by atoms with Gasteiger partial charge in [0.2, 0.25) is 0 Å². The van der Waals surface area contributed by atoms with E-state index < -0.39 is 35.3 Å². The standard InChI is InChI=1S/C18H27F6NO/c1-26-14-10-15(6-2-12(3-7-15)17(19,20)21)25-16(11-14)8-4-13(5-9-16)18(22,23)24/h12-14,25H,2-11H2,1H3. The third kappa shape index (κ3) is 4.16. The molecule has 3 rings (SSSR count). The summed E-state index contributed by atoms with van der Waals surface area (Å²) in [5.74, 6) is -2.54. The second-order valence-corrected chi connectivity index (χ2v) is 8.58. The largest absolute Gasteiger partial charge is 0.391 e.